The Morgan fingerprint density at radius 2 is 2.11 bits per heavy atom. The SMILES string of the molecule is Cc1cc2c(n1C(C)CN(C)C)CC(C)(C)CC2O. The number of nitrogens with zero attached hydrogens (tertiary/aromatic N) is 2. The average molecular weight is 264 g/mol. The second kappa shape index (κ2) is 4.95. The highest BCUT2D eigenvalue weighted by atomic mass is 16.3. The molecule has 1 aromatic heterocycles. The number of rotatable bonds is 3. The molecule has 108 valence electrons. The van der Waals surface area contributed by atoms with E-state index in [2.05, 4.69) is 57.3 Å². The zero-order chi connectivity index (χ0) is 14.4. The second-order valence-corrected chi connectivity index (χ2v) is 7.23. The number of fused-ring (bicyclic) bond motifs is 1. The van der Waals surface area contributed by atoms with Gasteiger partial charge >= 0.3 is 0 Å². The first-order valence-corrected chi connectivity index (χ1v) is 7.24. The van der Waals surface area contributed by atoms with Crippen molar-refractivity contribution in [2.24, 2.45) is 5.41 Å². The maximum absolute atomic E-state index is 10.4. The van der Waals surface area contributed by atoms with Gasteiger partial charge in [0.2, 0.25) is 0 Å². The van der Waals surface area contributed by atoms with Crippen LogP contribution in [-0.4, -0.2) is 35.2 Å². The van der Waals surface area contributed by atoms with Crippen molar-refractivity contribution >= 4 is 0 Å². The third-order valence-corrected chi connectivity index (χ3v) is 4.19. The van der Waals surface area contributed by atoms with Crippen LogP contribution in [0.25, 0.3) is 0 Å². The quantitative estimate of drug-likeness (QED) is 0.909. The van der Waals surface area contributed by atoms with E-state index in [0.29, 0.717) is 6.04 Å². The summed E-state index contributed by atoms with van der Waals surface area (Å²) in [5.74, 6) is 0. The van der Waals surface area contributed by atoms with E-state index < -0.39 is 0 Å². The first-order chi connectivity index (χ1) is 8.71. The van der Waals surface area contributed by atoms with Gasteiger partial charge in [-0.25, -0.2) is 0 Å². The summed E-state index contributed by atoms with van der Waals surface area (Å²) in [5.41, 5.74) is 3.96. The molecule has 1 aromatic rings. The van der Waals surface area contributed by atoms with Gasteiger partial charge < -0.3 is 14.6 Å². The molecule has 0 aromatic carbocycles. The van der Waals surface area contributed by atoms with Crippen LogP contribution in [0, 0.1) is 12.3 Å². The van der Waals surface area contributed by atoms with E-state index in [-0.39, 0.29) is 11.5 Å². The normalized spacial score (nSPS) is 23.5. The second-order valence-electron chi connectivity index (χ2n) is 7.23. The Bertz CT molecular complexity index is 460. The lowest BCUT2D eigenvalue weighted by molar-refractivity contribution is 0.0973. The number of aromatic nitrogens is 1. The molecule has 2 unspecified atom stereocenters. The van der Waals surface area contributed by atoms with Crippen molar-refractivity contribution in [3.63, 3.8) is 0 Å². The molecule has 2 atom stereocenters. The lowest BCUT2D eigenvalue weighted by Crippen LogP contribution is -2.30. The molecule has 1 heterocycles. The maximum Gasteiger partial charge on any atom is 0.0812 e. The predicted molar refractivity (Wildman–Crippen MR) is 79.5 cm³/mol. The van der Waals surface area contributed by atoms with Crippen LogP contribution in [-0.2, 0) is 6.42 Å². The molecule has 2 rings (SSSR count). The fourth-order valence-corrected chi connectivity index (χ4v) is 3.59. The number of aryl methyl sites for hydroxylation is 1. The summed E-state index contributed by atoms with van der Waals surface area (Å²) in [6.07, 6.45) is 1.63. The summed E-state index contributed by atoms with van der Waals surface area (Å²) in [6, 6.07) is 2.63. The van der Waals surface area contributed by atoms with Crippen LogP contribution < -0.4 is 0 Å². The molecule has 3 heteroatoms. The van der Waals surface area contributed by atoms with Crippen molar-refractivity contribution in [1.82, 2.24) is 9.47 Å². The third kappa shape index (κ3) is 2.87. The molecule has 0 saturated carbocycles. The lowest BCUT2D eigenvalue weighted by atomic mass is 9.75. The Balaban J connectivity index is 2.41. The van der Waals surface area contributed by atoms with Gasteiger partial charge in [-0.15, -0.1) is 0 Å². The fourth-order valence-electron chi connectivity index (χ4n) is 3.59. The highest BCUT2D eigenvalue weighted by Crippen LogP contribution is 2.42. The molecule has 0 fully saturated rings. The molecule has 1 aliphatic carbocycles. The van der Waals surface area contributed by atoms with E-state index in [4.69, 9.17) is 0 Å². The molecule has 0 aliphatic heterocycles. The number of aliphatic hydroxyl groups is 1. The van der Waals surface area contributed by atoms with Gasteiger partial charge in [0.1, 0.15) is 0 Å². The standard InChI is InChI=1S/C16H28N2O/c1-11-7-13-14(8-16(3,4)9-15(13)19)18(11)12(2)10-17(5)6/h7,12,15,19H,8-10H2,1-6H3. The van der Waals surface area contributed by atoms with Crippen molar-refractivity contribution < 1.29 is 5.11 Å². The largest absolute Gasteiger partial charge is 0.388 e. The molecule has 1 N–H and O–H groups in total. The summed E-state index contributed by atoms with van der Waals surface area (Å²) < 4.78 is 2.43. The maximum atomic E-state index is 10.4. The third-order valence-electron chi connectivity index (χ3n) is 4.19. The molecule has 0 radical (unpaired) electrons. The molecular weight excluding hydrogens is 236 g/mol. The Morgan fingerprint density at radius 3 is 2.68 bits per heavy atom. The Labute approximate surface area is 117 Å². The molecule has 19 heavy (non-hydrogen) atoms. The molecule has 0 amide bonds. The minimum absolute atomic E-state index is 0.187. The Kier molecular flexibility index (Phi) is 3.80. The zero-order valence-electron chi connectivity index (χ0n) is 13.2. The number of aliphatic hydroxyl groups excluding tert-OH is 1. The zero-order valence-corrected chi connectivity index (χ0v) is 13.2. The summed E-state index contributed by atoms with van der Waals surface area (Å²) in [6.45, 7) is 9.95. The summed E-state index contributed by atoms with van der Waals surface area (Å²) in [7, 11) is 4.22. The van der Waals surface area contributed by atoms with Crippen LogP contribution in [0.1, 0.15) is 56.3 Å². The van der Waals surface area contributed by atoms with Crippen molar-refractivity contribution in [3.8, 4) is 0 Å². The molecule has 1 aliphatic rings. The first kappa shape index (κ1) is 14.6. The molecular formula is C16H28N2O. The number of hydrogen-bond donors (Lipinski definition) is 1. The van der Waals surface area contributed by atoms with E-state index in [1.807, 2.05) is 0 Å². The minimum atomic E-state index is -0.301. The monoisotopic (exact) mass is 264 g/mol. The molecule has 0 spiro atoms. The van der Waals surface area contributed by atoms with E-state index >= 15 is 0 Å². The van der Waals surface area contributed by atoms with Gasteiger partial charge in [0.15, 0.2) is 0 Å². The van der Waals surface area contributed by atoms with Gasteiger partial charge in [0.05, 0.1) is 6.10 Å². The summed E-state index contributed by atoms with van der Waals surface area (Å²) in [4.78, 5) is 2.22. The Hall–Kier alpha value is -0.800. The molecule has 3 nitrogen and oxygen atoms in total. The summed E-state index contributed by atoms with van der Waals surface area (Å²) in [5, 5.41) is 10.4. The van der Waals surface area contributed by atoms with Crippen LogP contribution in [0.5, 0.6) is 0 Å². The molecule has 0 bridgehead atoms. The predicted octanol–water partition coefficient (Wildman–Crippen LogP) is 2.92. The Morgan fingerprint density at radius 1 is 1.47 bits per heavy atom. The highest BCUT2D eigenvalue weighted by molar-refractivity contribution is 5.33. The van der Waals surface area contributed by atoms with Gasteiger partial charge in [-0.05, 0) is 52.3 Å². The van der Waals surface area contributed by atoms with E-state index in [1.165, 1.54) is 11.4 Å². The van der Waals surface area contributed by atoms with Crippen LogP contribution in [0.15, 0.2) is 6.07 Å². The van der Waals surface area contributed by atoms with Gasteiger partial charge in [0.25, 0.3) is 0 Å². The van der Waals surface area contributed by atoms with Crippen molar-refractivity contribution in [1.29, 1.82) is 0 Å². The number of hydrogen-bond acceptors (Lipinski definition) is 2. The first-order valence-electron chi connectivity index (χ1n) is 7.24. The van der Waals surface area contributed by atoms with Crippen LogP contribution in [0.3, 0.4) is 0 Å². The van der Waals surface area contributed by atoms with Crippen molar-refractivity contribution in [2.45, 2.75) is 52.7 Å². The summed E-state index contributed by atoms with van der Waals surface area (Å²) >= 11 is 0. The van der Waals surface area contributed by atoms with Crippen molar-refractivity contribution in [2.75, 3.05) is 20.6 Å². The van der Waals surface area contributed by atoms with Crippen LogP contribution >= 0.6 is 0 Å². The van der Waals surface area contributed by atoms with E-state index in [0.717, 1.165) is 24.9 Å². The van der Waals surface area contributed by atoms with Gasteiger partial charge in [-0.1, -0.05) is 13.8 Å². The van der Waals surface area contributed by atoms with Gasteiger partial charge in [-0.2, -0.15) is 0 Å². The minimum Gasteiger partial charge on any atom is -0.388 e. The fraction of sp³-hybridized carbons (Fsp3) is 0.750. The van der Waals surface area contributed by atoms with Gasteiger partial charge in [0, 0.05) is 29.5 Å². The average Bonchev–Trinajstić information content (AvgIpc) is 2.52. The van der Waals surface area contributed by atoms with Crippen LogP contribution in [0.2, 0.25) is 0 Å². The van der Waals surface area contributed by atoms with Crippen molar-refractivity contribution in [3.05, 3.63) is 23.0 Å². The van der Waals surface area contributed by atoms with E-state index in [9.17, 15) is 5.11 Å². The van der Waals surface area contributed by atoms with Crippen LogP contribution in [0.4, 0.5) is 0 Å². The van der Waals surface area contributed by atoms with E-state index in [1.54, 1.807) is 0 Å². The smallest absolute Gasteiger partial charge is 0.0812 e. The lowest BCUT2D eigenvalue weighted by Gasteiger charge is -2.35. The topological polar surface area (TPSA) is 28.4 Å². The highest BCUT2D eigenvalue weighted by Gasteiger charge is 2.34. The molecule has 0 saturated heterocycles. The van der Waals surface area contributed by atoms with Gasteiger partial charge in [-0.3, -0.25) is 0 Å². The number of likely N-dealkylation sites (N-methyl/N-ethyl adjacent to an activating group) is 1.